The summed E-state index contributed by atoms with van der Waals surface area (Å²) >= 11 is 12.1. The molecule has 2 N–H and O–H groups in total. The first kappa shape index (κ1) is 24.6. The monoisotopic (exact) mass is 476 g/mol. The lowest BCUT2D eigenvalue weighted by atomic mass is 9.74. The molecule has 0 aliphatic carbocycles. The van der Waals surface area contributed by atoms with Crippen LogP contribution in [0.1, 0.15) is 49.0 Å². The van der Waals surface area contributed by atoms with E-state index in [9.17, 15) is 9.59 Å². The van der Waals surface area contributed by atoms with Crippen LogP contribution in [0.25, 0.3) is 0 Å². The van der Waals surface area contributed by atoms with E-state index in [1.165, 1.54) is 11.6 Å². The van der Waals surface area contributed by atoms with Gasteiger partial charge >= 0.3 is 0 Å². The molecular weight excluding hydrogens is 447 g/mol. The number of ether oxygens (including phenoxy) is 1. The van der Waals surface area contributed by atoms with Gasteiger partial charge in [-0.3, -0.25) is 9.59 Å². The Kier molecular flexibility index (Phi) is 8.57. The molecule has 1 saturated heterocycles. The standard InChI is InChI=1S/C25H30Cl2N2O3/c1-17(2)14-22(29-23(30)20-9-8-19(26)15-21(20)27)24(31)28-16-25(10-12-32-13-11-25)18-6-4-3-5-7-18/h3-9,15,17,22H,10-14,16H2,1-2H3,(H,28,31)(H,29,30). The van der Waals surface area contributed by atoms with Crippen LogP contribution in [-0.4, -0.2) is 37.6 Å². The molecule has 1 heterocycles. The minimum Gasteiger partial charge on any atom is -0.381 e. The van der Waals surface area contributed by atoms with E-state index in [0.29, 0.717) is 36.8 Å². The van der Waals surface area contributed by atoms with Crippen molar-refractivity contribution in [3.05, 3.63) is 69.7 Å². The Morgan fingerprint density at radius 1 is 1.06 bits per heavy atom. The highest BCUT2D eigenvalue weighted by atomic mass is 35.5. The Morgan fingerprint density at radius 2 is 1.75 bits per heavy atom. The summed E-state index contributed by atoms with van der Waals surface area (Å²) in [6.45, 7) is 5.85. The van der Waals surface area contributed by atoms with Crippen molar-refractivity contribution < 1.29 is 14.3 Å². The summed E-state index contributed by atoms with van der Waals surface area (Å²) in [5, 5.41) is 6.68. The molecule has 2 aromatic carbocycles. The number of benzene rings is 2. The SMILES string of the molecule is CC(C)CC(NC(=O)c1ccc(Cl)cc1Cl)C(=O)NCC1(c2ccccc2)CCOCC1. The number of rotatable bonds is 8. The highest BCUT2D eigenvalue weighted by molar-refractivity contribution is 6.36. The van der Waals surface area contributed by atoms with Crippen LogP contribution >= 0.6 is 23.2 Å². The first-order valence-corrected chi connectivity index (χ1v) is 11.7. The lowest BCUT2D eigenvalue weighted by Gasteiger charge is -2.38. The van der Waals surface area contributed by atoms with Gasteiger partial charge in [-0.25, -0.2) is 0 Å². The molecule has 2 aromatic rings. The summed E-state index contributed by atoms with van der Waals surface area (Å²) in [7, 11) is 0. The summed E-state index contributed by atoms with van der Waals surface area (Å²) in [5.74, 6) is -0.367. The third-order valence-electron chi connectivity index (χ3n) is 5.94. The zero-order chi connectivity index (χ0) is 23.1. The van der Waals surface area contributed by atoms with E-state index in [4.69, 9.17) is 27.9 Å². The van der Waals surface area contributed by atoms with Crippen molar-refractivity contribution in [3.8, 4) is 0 Å². The first-order valence-electron chi connectivity index (χ1n) is 11.0. The average molecular weight is 477 g/mol. The van der Waals surface area contributed by atoms with Crippen molar-refractivity contribution in [1.82, 2.24) is 10.6 Å². The molecule has 7 heteroatoms. The smallest absolute Gasteiger partial charge is 0.253 e. The van der Waals surface area contributed by atoms with Crippen LogP contribution in [-0.2, 0) is 14.9 Å². The number of hydrogen-bond donors (Lipinski definition) is 2. The molecule has 5 nitrogen and oxygen atoms in total. The van der Waals surface area contributed by atoms with E-state index in [-0.39, 0.29) is 22.3 Å². The Bertz CT molecular complexity index is 928. The van der Waals surface area contributed by atoms with Crippen LogP contribution in [0, 0.1) is 5.92 Å². The fourth-order valence-corrected chi connectivity index (χ4v) is 4.61. The molecule has 32 heavy (non-hydrogen) atoms. The Labute approximate surface area is 199 Å². The van der Waals surface area contributed by atoms with Gasteiger partial charge in [-0.1, -0.05) is 67.4 Å². The minimum atomic E-state index is -0.665. The van der Waals surface area contributed by atoms with Gasteiger partial charge in [-0.15, -0.1) is 0 Å². The van der Waals surface area contributed by atoms with Crippen LogP contribution in [0.15, 0.2) is 48.5 Å². The number of carbonyl (C=O) groups is 2. The molecule has 1 aliphatic rings. The fourth-order valence-electron chi connectivity index (χ4n) is 4.11. The van der Waals surface area contributed by atoms with Gasteiger partial charge in [-0.05, 0) is 48.9 Å². The molecule has 0 spiro atoms. The van der Waals surface area contributed by atoms with Gasteiger partial charge in [0, 0.05) is 30.2 Å². The molecule has 0 aromatic heterocycles. The molecule has 0 saturated carbocycles. The molecule has 1 fully saturated rings. The predicted octanol–water partition coefficient (Wildman–Crippen LogP) is 5.00. The van der Waals surface area contributed by atoms with E-state index in [1.54, 1.807) is 12.1 Å². The molecule has 1 aliphatic heterocycles. The van der Waals surface area contributed by atoms with Gasteiger partial charge in [0.1, 0.15) is 6.04 Å². The molecule has 2 amide bonds. The molecule has 1 atom stereocenters. The van der Waals surface area contributed by atoms with E-state index in [1.807, 2.05) is 32.0 Å². The highest BCUT2D eigenvalue weighted by Crippen LogP contribution is 2.34. The lowest BCUT2D eigenvalue weighted by molar-refractivity contribution is -0.123. The zero-order valence-electron chi connectivity index (χ0n) is 18.5. The van der Waals surface area contributed by atoms with Crippen LogP contribution in [0.3, 0.4) is 0 Å². The van der Waals surface area contributed by atoms with Crippen molar-refractivity contribution in [1.29, 1.82) is 0 Å². The molecule has 1 unspecified atom stereocenters. The van der Waals surface area contributed by atoms with Gasteiger partial charge in [0.2, 0.25) is 5.91 Å². The van der Waals surface area contributed by atoms with Crippen LogP contribution in [0.5, 0.6) is 0 Å². The normalized spacial score (nSPS) is 16.4. The number of amides is 2. The molecular formula is C25H30Cl2N2O3. The second kappa shape index (κ2) is 11.2. The van der Waals surface area contributed by atoms with Crippen LogP contribution in [0.4, 0.5) is 0 Å². The Hall–Kier alpha value is -2.08. The summed E-state index contributed by atoms with van der Waals surface area (Å²) in [6, 6.07) is 14.3. The maximum absolute atomic E-state index is 13.2. The van der Waals surface area contributed by atoms with Crippen molar-refractivity contribution in [2.75, 3.05) is 19.8 Å². The molecule has 172 valence electrons. The van der Waals surface area contributed by atoms with E-state index < -0.39 is 11.9 Å². The second-order valence-electron chi connectivity index (χ2n) is 8.76. The number of nitrogens with one attached hydrogen (secondary N) is 2. The van der Waals surface area contributed by atoms with Gasteiger partial charge < -0.3 is 15.4 Å². The second-order valence-corrected chi connectivity index (χ2v) is 9.60. The summed E-state index contributed by atoms with van der Waals surface area (Å²) < 4.78 is 5.58. The summed E-state index contributed by atoms with van der Waals surface area (Å²) in [4.78, 5) is 26.0. The van der Waals surface area contributed by atoms with Gasteiger partial charge in [0.05, 0.1) is 10.6 Å². The maximum atomic E-state index is 13.2. The fraction of sp³-hybridized carbons (Fsp3) is 0.440. The summed E-state index contributed by atoms with van der Waals surface area (Å²) in [6.07, 6.45) is 2.18. The molecule has 0 bridgehead atoms. The largest absolute Gasteiger partial charge is 0.381 e. The predicted molar refractivity (Wildman–Crippen MR) is 128 cm³/mol. The summed E-state index contributed by atoms with van der Waals surface area (Å²) in [5.41, 5.74) is 1.31. The topological polar surface area (TPSA) is 67.4 Å². The van der Waals surface area contributed by atoms with Crippen molar-refractivity contribution in [2.45, 2.75) is 44.6 Å². The highest BCUT2D eigenvalue weighted by Gasteiger charge is 2.35. The number of hydrogen-bond acceptors (Lipinski definition) is 3. The van der Waals surface area contributed by atoms with E-state index >= 15 is 0 Å². The third kappa shape index (κ3) is 6.25. The lowest BCUT2D eigenvalue weighted by Crippen LogP contribution is -2.51. The van der Waals surface area contributed by atoms with Crippen molar-refractivity contribution >= 4 is 35.0 Å². The first-order chi connectivity index (χ1) is 15.3. The third-order valence-corrected chi connectivity index (χ3v) is 6.49. The van der Waals surface area contributed by atoms with Crippen LogP contribution in [0.2, 0.25) is 10.0 Å². The van der Waals surface area contributed by atoms with Crippen LogP contribution < -0.4 is 10.6 Å². The van der Waals surface area contributed by atoms with E-state index in [2.05, 4.69) is 22.8 Å². The Balaban J connectivity index is 1.73. The van der Waals surface area contributed by atoms with Gasteiger partial charge in [0.15, 0.2) is 0 Å². The quantitative estimate of drug-likeness (QED) is 0.562. The number of carbonyl (C=O) groups excluding carboxylic acids is 2. The average Bonchev–Trinajstić information content (AvgIpc) is 2.78. The molecule has 0 radical (unpaired) electrons. The van der Waals surface area contributed by atoms with E-state index in [0.717, 1.165) is 12.8 Å². The Morgan fingerprint density at radius 3 is 2.38 bits per heavy atom. The zero-order valence-corrected chi connectivity index (χ0v) is 20.0. The van der Waals surface area contributed by atoms with Crippen molar-refractivity contribution in [3.63, 3.8) is 0 Å². The van der Waals surface area contributed by atoms with Crippen molar-refractivity contribution in [2.24, 2.45) is 5.92 Å². The van der Waals surface area contributed by atoms with Gasteiger partial charge in [0.25, 0.3) is 5.91 Å². The number of halogens is 2. The maximum Gasteiger partial charge on any atom is 0.253 e. The van der Waals surface area contributed by atoms with Gasteiger partial charge in [-0.2, -0.15) is 0 Å². The molecule has 3 rings (SSSR count). The minimum absolute atomic E-state index is 0.180.